The zero-order valence-corrected chi connectivity index (χ0v) is 21.8. The summed E-state index contributed by atoms with van der Waals surface area (Å²) in [5.74, 6) is 0. The van der Waals surface area contributed by atoms with E-state index in [-0.39, 0.29) is 0 Å². The van der Waals surface area contributed by atoms with Crippen LogP contribution < -0.4 is 0 Å². The lowest BCUT2D eigenvalue weighted by atomic mass is 9.96. The van der Waals surface area contributed by atoms with Gasteiger partial charge in [0.25, 0.3) is 0 Å². The summed E-state index contributed by atoms with van der Waals surface area (Å²) < 4.78 is 4.84. The minimum atomic E-state index is 1.18. The Morgan fingerprint density at radius 2 is 0.825 bits per heavy atom. The number of para-hydroxylation sites is 4. The number of nitrogens with zero attached hydrogens (tertiary/aromatic N) is 2. The van der Waals surface area contributed by atoms with Gasteiger partial charge in [-0.2, -0.15) is 0 Å². The van der Waals surface area contributed by atoms with Crippen LogP contribution in [0.3, 0.4) is 0 Å². The van der Waals surface area contributed by atoms with Gasteiger partial charge < -0.3 is 9.13 Å². The molecular weight excluding hydrogens is 484 g/mol. The fraction of sp³-hybridized carbons (Fsp3) is 0. The average Bonchev–Trinajstić information content (AvgIpc) is 3.55. The third-order valence-electron chi connectivity index (χ3n) is 8.47. The molecular formula is C38H24N2. The molecule has 0 fully saturated rings. The van der Waals surface area contributed by atoms with Crippen LogP contribution in [0.2, 0.25) is 0 Å². The SMILES string of the molecule is c1ccc(-n2c3ccccc3c3c4c(ccc5c4ccc4c6ccccc6n(-c6ccccc6)c54)ccc32)cc1. The van der Waals surface area contributed by atoms with Crippen molar-refractivity contribution < 1.29 is 0 Å². The molecule has 0 amide bonds. The Bertz CT molecular complexity index is 2410. The molecule has 0 unspecified atom stereocenters. The lowest BCUT2D eigenvalue weighted by molar-refractivity contribution is 1.18. The molecule has 2 nitrogen and oxygen atoms in total. The van der Waals surface area contributed by atoms with Crippen LogP contribution in [0, 0.1) is 0 Å². The number of aromatic nitrogens is 2. The van der Waals surface area contributed by atoms with E-state index in [1.165, 1.54) is 76.5 Å². The molecule has 0 aliphatic carbocycles. The maximum Gasteiger partial charge on any atom is 0.0619 e. The van der Waals surface area contributed by atoms with Crippen molar-refractivity contribution in [1.82, 2.24) is 9.13 Å². The van der Waals surface area contributed by atoms with E-state index < -0.39 is 0 Å². The highest BCUT2D eigenvalue weighted by Crippen LogP contribution is 2.43. The number of rotatable bonds is 2. The monoisotopic (exact) mass is 508 g/mol. The van der Waals surface area contributed by atoms with Crippen LogP contribution in [-0.2, 0) is 0 Å². The lowest BCUT2D eigenvalue weighted by Gasteiger charge is -2.12. The second kappa shape index (κ2) is 8.08. The topological polar surface area (TPSA) is 9.86 Å². The van der Waals surface area contributed by atoms with Crippen LogP contribution >= 0.6 is 0 Å². The van der Waals surface area contributed by atoms with Crippen molar-refractivity contribution in [3.05, 3.63) is 146 Å². The molecule has 0 aliphatic heterocycles. The van der Waals surface area contributed by atoms with E-state index in [0.29, 0.717) is 0 Å². The van der Waals surface area contributed by atoms with Crippen LogP contribution in [0.5, 0.6) is 0 Å². The zero-order chi connectivity index (χ0) is 26.2. The van der Waals surface area contributed by atoms with E-state index in [1.807, 2.05) is 0 Å². The van der Waals surface area contributed by atoms with Crippen LogP contribution in [0.4, 0.5) is 0 Å². The molecule has 0 bridgehead atoms. The van der Waals surface area contributed by atoms with Crippen molar-refractivity contribution in [3.8, 4) is 11.4 Å². The lowest BCUT2D eigenvalue weighted by Crippen LogP contribution is -1.94. The second-order valence-corrected chi connectivity index (χ2v) is 10.6. The van der Waals surface area contributed by atoms with Gasteiger partial charge in [-0.25, -0.2) is 0 Å². The van der Waals surface area contributed by atoms with Gasteiger partial charge in [0.15, 0.2) is 0 Å². The predicted molar refractivity (Wildman–Crippen MR) is 170 cm³/mol. The second-order valence-electron chi connectivity index (χ2n) is 10.6. The van der Waals surface area contributed by atoms with Crippen LogP contribution in [0.25, 0.3) is 76.5 Å². The van der Waals surface area contributed by atoms with E-state index >= 15 is 0 Å². The minimum Gasteiger partial charge on any atom is -0.309 e. The Labute approximate surface area is 230 Å². The molecule has 2 heterocycles. The molecule has 9 rings (SSSR count). The molecule has 2 aromatic heterocycles. The third-order valence-corrected chi connectivity index (χ3v) is 8.47. The Balaban J connectivity index is 1.51. The Kier molecular flexibility index (Phi) is 4.36. The summed E-state index contributed by atoms with van der Waals surface area (Å²) in [5, 5.41) is 10.3. The smallest absolute Gasteiger partial charge is 0.0619 e. The van der Waals surface area contributed by atoms with E-state index in [2.05, 4.69) is 155 Å². The summed E-state index contributed by atoms with van der Waals surface area (Å²) >= 11 is 0. The van der Waals surface area contributed by atoms with E-state index in [0.717, 1.165) is 0 Å². The number of hydrogen-bond acceptors (Lipinski definition) is 0. The van der Waals surface area contributed by atoms with Crippen molar-refractivity contribution in [2.45, 2.75) is 0 Å². The van der Waals surface area contributed by atoms with Crippen LogP contribution in [0.1, 0.15) is 0 Å². The minimum absolute atomic E-state index is 1.18. The fourth-order valence-electron chi connectivity index (χ4n) is 6.85. The predicted octanol–water partition coefficient (Wildman–Crippen LogP) is 10.2. The van der Waals surface area contributed by atoms with Gasteiger partial charge in [0.2, 0.25) is 0 Å². The van der Waals surface area contributed by atoms with Crippen molar-refractivity contribution in [3.63, 3.8) is 0 Å². The fourth-order valence-corrected chi connectivity index (χ4v) is 6.85. The summed E-state index contributed by atoms with van der Waals surface area (Å²) in [6.07, 6.45) is 0. The zero-order valence-electron chi connectivity index (χ0n) is 21.8. The third kappa shape index (κ3) is 2.82. The molecule has 0 saturated heterocycles. The normalized spacial score (nSPS) is 12.0. The van der Waals surface area contributed by atoms with Gasteiger partial charge in [0.1, 0.15) is 0 Å². The quantitative estimate of drug-likeness (QED) is 0.206. The molecule has 40 heavy (non-hydrogen) atoms. The Morgan fingerprint density at radius 1 is 0.300 bits per heavy atom. The molecule has 9 aromatic rings. The number of benzene rings is 7. The Hall–Kier alpha value is -5.34. The number of hydrogen-bond donors (Lipinski definition) is 0. The number of fused-ring (bicyclic) bond motifs is 11. The summed E-state index contributed by atoms with van der Waals surface area (Å²) in [7, 11) is 0. The van der Waals surface area contributed by atoms with Crippen LogP contribution in [0.15, 0.2) is 146 Å². The first-order valence-corrected chi connectivity index (χ1v) is 13.8. The first-order valence-electron chi connectivity index (χ1n) is 13.8. The van der Waals surface area contributed by atoms with E-state index in [1.54, 1.807) is 0 Å². The molecule has 0 radical (unpaired) electrons. The Morgan fingerprint density at radius 3 is 1.57 bits per heavy atom. The van der Waals surface area contributed by atoms with Gasteiger partial charge in [0.05, 0.1) is 22.1 Å². The van der Waals surface area contributed by atoms with Crippen molar-refractivity contribution >= 4 is 65.2 Å². The van der Waals surface area contributed by atoms with Crippen molar-refractivity contribution in [2.75, 3.05) is 0 Å². The summed E-state index contributed by atoms with van der Waals surface area (Å²) in [6, 6.07) is 52.9. The molecule has 2 heteroatoms. The van der Waals surface area contributed by atoms with E-state index in [4.69, 9.17) is 0 Å². The molecule has 0 saturated carbocycles. The van der Waals surface area contributed by atoms with Crippen molar-refractivity contribution in [1.29, 1.82) is 0 Å². The van der Waals surface area contributed by atoms with Gasteiger partial charge in [-0.05, 0) is 58.6 Å². The summed E-state index contributed by atoms with van der Waals surface area (Å²) in [5.41, 5.74) is 7.31. The van der Waals surface area contributed by atoms with Gasteiger partial charge in [-0.3, -0.25) is 0 Å². The first kappa shape index (κ1) is 21.6. The summed E-state index contributed by atoms with van der Waals surface area (Å²) in [6.45, 7) is 0. The van der Waals surface area contributed by atoms with Crippen molar-refractivity contribution in [2.24, 2.45) is 0 Å². The molecule has 0 N–H and O–H groups in total. The molecule has 0 spiro atoms. The highest BCUT2D eigenvalue weighted by molar-refractivity contribution is 6.31. The van der Waals surface area contributed by atoms with Gasteiger partial charge >= 0.3 is 0 Å². The van der Waals surface area contributed by atoms with Crippen LogP contribution in [-0.4, -0.2) is 9.13 Å². The highest BCUT2D eigenvalue weighted by atomic mass is 15.0. The standard InChI is InChI=1S/C38H24N2/c1-3-11-26(12-4-1)39-34-18-10-8-16-32(34)37-35(39)24-20-25-19-21-31-29(36(25)37)22-23-30-28-15-7-9-17-33(28)40(38(30)31)27-13-5-2-6-14-27/h1-24H. The maximum atomic E-state index is 2.44. The van der Waals surface area contributed by atoms with Gasteiger partial charge in [-0.1, -0.05) is 103 Å². The largest absolute Gasteiger partial charge is 0.309 e. The highest BCUT2D eigenvalue weighted by Gasteiger charge is 2.19. The average molecular weight is 509 g/mol. The first-order chi connectivity index (χ1) is 19.9. The summed E-state index contributed by atoms with van der Waals surface area (Å²) in [4.78, 5) is 0. The molecule has 186 valence electrons. The maximum absolute atomic E-state index is 2.44. The molecule has 7 aromatic carbocycles. The molecule has 0 aliphatic rings. The van der Waals surface area contributed by atoms with E-state index in [9.17, 15) is 0 Å². The molecule has 0 atom stereocenters. The van der Waals surface area contributed by atoms with Gasteiger partial charge in [-0.15, -0.1) is 0 Å². The van der Waals surface area contributed by atoms with Gasteiger partial charge in [0, 0.05) is 38.3 Å².